The lowest BCUT2D eigenvalue weighted by molar-refractivity contribution is -0.156. The van der Waals surface area contributed by atoms with Gasteiger partial charge in [-0.15, -0.1) is 0 Å². The molecule has 1 amide bonds. The maximum Gasteiger partial charge on any atom is 0.255 e. The summed E-state index contributed by atoms with van der Waals surface area (Å²) >= 11 is 0. The Morgan fingerprint density at radius 3 is 2.50 bits per heavy atom. The second-order valence-electron chi connectivity index (χ2n) is 7.32. The molecule has 1 aliphatic heterocycles. The first-order chi connectivity index (χ1) is 13.5. The van der Waals surface area contributed by atoms with Crippen molar-refractivity contribution in [2.75, 3.05) is 19.6 Å². The number of aryl methyl sites for hydroxylation is 1. The van der Waals surface area contributed by atoms with Crippen LogP contribution in [0.3, 0.4) is 0 Å². The van der Waals surface area contributed by atoms with Gasteiger partial charge in [-0.3, -0.25) is 4.79 Å². The van der Waals surface area contributed by atoms with E-state index in [2.05, 4.69) is 17.4 Å². The summed E-state index contributed by atoms with van der Waals surface area (Å²) in [6.07, 6.45) is 2.73. The van der Waals surface area contributed by atoms with E-state index in [-0.39, 0.29) is 24.6 Å². The molecule has 4 nitrogen and oxygen atoms in total. The minimum absolute atomic E-state index is 0.0329. The zero-order chi connectivity index (χ0) is 20.0. The van der Waals surface area contributed by atoms with Crippen LogP contribution in [0, 0.1) is 11.6 Å². The van der Waals surface area contributed by atoms with Crippen LogP contribution in [0.5, 0.6) is 0 Å². The highest BCUT2D eigenvalue weighted by molar-refractivity contribution is 5.86. The molecule has 1 heterocycles. The van der Waals surface area contributed by atoms with Gasteiger partial charge in [-0.2, -0.15) is 0 Å². The molecule has 0 aromatic heterocycles. The number of nitrogens with zero attached hydrogens (tertiary/aromatic N) is 1. The van der Waals surface area contributed by atoms with Gasteiger partial charge in [0.25, 0.3) is 5.91 Å². The van der Waals surface area contributed by atoms with Crippen LogP contribution in [0.15, 0.2) is 48.5 Å². The van der Waals surface area contributed by atoms with E-state index in [1.165, 1.54) is 23.8 Å². The molecule has 28 heavy (non-hydrogen) atoms. The average Bonchev–Trinajstić information content (AvgIpc) is 2.68. The van der Waals surface area contributed by atoms with Crippen LogP contribution in [0.4, 0.5) is 8.78 Å². The number of carbonyl (C=O) groups is 1. The summed E-state index contributed by atoms with van der Waals surface area (Å²) in [7, 11) is 0. The average molecular weight is 388 g/mol. The van der Waals surface area contributed by atoms with Crippen LogP contribution in [0.1, 0.15) is 30.4 Å². The SMILES string of the molecule is O=C1N(CCCc2ccccc2)CCCC1(O)CNCc1c(F)cccc1F. The summed E-state index contributed by atoms with van der Waals surface area (Å²) in [5.41, 5.74) is -0.405. The van der Waals surface area contributed by atoms with Crippen molar-refractivity contribution in [1.82, 2.24) is 10.2 Å². The molecular weight excluding hydrogens is 362 g/mol. The maximum absolute atomic E-state index is 13.7. The van der Waals surface area contributed by atoms with Crippen LogP contribution in [0.2, 0.25) is 0 Å². The second-order valence-corrected chi connectivity index (χ2v) is 7.32. The molecule has 1 unspecified atom stereocenters. The van der Waals surface area contributed by atoms with Gasteiger partial charge in [0.1, 0.15) is 11.6 Å². The molecular formula is C22H26F2N2O2. The third-order valence-corrected chi connectivity index (χ3v) is 5.22. The Balaban J connectivity index is 1.51. The number of carbonyl (C=O) groups excluding carboxylic acids is 1. The van der Waals surface area contributed by atoms with Gasteiger partial charge in [-0.05, 0) is 43.4 Å². The molecule has 2 N–H and O–H groups in total. The summed E-state index contributed by atoms with van der Waals surface area (Å²) in [5, 5.41) is 13.7. The van der Waals surface area contributed by atoms with E-state index in [0.717, 1.165) is 12.8 Å². The van der Waals surface area contributed by atoms with Crippen molar-refractivity contribution in [3.63, 3.8) is 0 Å². The Labute approximate surface area is 164 Å². The Morgan fingerprint density at radius 2 is 1.79 bits per heavy atom. The van der Waals surface area contributed by atoms with Crippen LogP contribution < -0.4 is 5.32 Å². The number of piperidine rings is 1. The number of hydrogen-bond acceptors (Lipinski definition) is 3. The zero-order valence-electron chi connectivity index (χ0n) is 15.8. The van der Waals surface area contributed by atoms with Crippen LogP contribution in [-0.4, -0.2) is 41.1 Å². The fourth-order valence-electron chi connectivity index (χ4n) is 3.66. The third-order valence-electron chi connectivity index (χ3n) is 5.22. The molecule has 1 fully saturated rings. The quantitative estimate of drug-likeness (QED) is 0.731. The number of hydrogen-bond donors (Lipinski definition) is 2. The van der Waals surface area contributed by atoms with Gasteiger partial charge in [0, 0.05) is 31.7 Å². The van der Waals surface area contributed by atoms with Gasteiger partial charge in [-0.25, -0.2) is 8.78 Å². The molecule has 2 aromatic rings. The predicted molar refractivity (Wildman–Crippen MR) is 104 cm³/mol. The van der Waals surface area contributed by atoms with Crippen molar-refractivity contribution in [3.8, 4) is 0 Å². The van der Waals surface area contributed by atoms with Crippen molar-refractivity contribution in [1.29, 1.82) is 0 Å². The van der Waals surface area contributed by atoms with Crippen LogP contribution in [-0.2, 0) is 17.8 Å². The lowest BCUT2D eigenvalue weighted by Crippen LogP contribution is -2.58. The van der Waals surface area contributed by atoms with E-state index >= 15 is 0 Å². The van der Waals surface area contributed by atoms with Gasteiger partial charge < -0.3 is 15.3 Å². The normalized spacial score (nSPS) is 19.8. The lowest BCUT2D eigenvalue weighted by atomic mass is 9.91. The summed E-state index contributed by atoms with van der Waals surface area (Å²) in [6, 6.07) is 13.7. The van der Waals surface area contributed by atoms with Gasteiger partial charge in [0.05, 0.1) is 0 Å². The molecule has 6 heteroatoms. The van der Waals surface area contributed by atoms with E-state index in [4.69, 9.17) is 0 Å². The Hall–Kier alpha value is -2.31. The van der Waals surface area contributed by atoms with Crippen LogP contribution in [0.25, 0.3) is 0 Å². The maximum atomic E-state index is 13.7. The van der Waals surface area contributed by atoms with Crippen molar-refractivity contribution in [2.24, 2.45) is 0 Å². The van der Waals surface area contributed by atoms with Crippen molar-refractivity contribution >= 4 is 5.91 Å². The molecule has 1 atom stereocenters. The van der Waals surface area contributed by atoms with E-state index < -0.39 is 17.2 Å². The predicted octanol–water partition coefficient (Wildman–Crippen LogP) is 3.04. The molecule has 0 aliphatic carbocycles. The highest BCUT2D eigenvalue weighted by atomic mass is 19.1. The monoisotopic (exact) mass is 388 g/mol. The molecule has 0 bridgehead atoms. The third kappa shape index (κ3) is 4.94. The van der Waals surface area contributed by atoms with Crippen molar-refractivity contribution in [2.45, 2.75) is 37.8 Å². The first kappa shape index (κ1) is 20.4. The van der Waals surface area contributed by atoms with Crippen molar-refractivity contribution in [3.05, 3.63) is 71.3 Å². The fraction of sp³-hybridized carbons (Fsp3) is 0.409. The summed E-state index contributed by atoms with van der Waals surface area (Å²) in [4.78, 5) is 14.4. The minimum Gasteiger partial charge on any atom is -0.379 e. The van der Waals surface area contributed by atoms with Crippen LogP contribution >= 0.6 is 0 Å². The van der Waals surface area contributed by atoms with Gasteiger partial charge in [-0.1, -0.05) is 36.4 Å². The van der Waals surface area contributed by atoms with Gasteiger partial charge in [0.15, 0.2) is 5.60 Å². The molecule has 1 saturated heterocycles. The topological polar surface area (TPSA) is 52.6 Å². The van der Waals surface area contributed by atoms with E-state index in [9.17, 15) is 18.7 Å². The molecule has 2 aromatic carbocycles. The smallest absolute Gasteiger partial charge is 0.255 e. The van der Waals surface area contributed by atoms with E-state index in [1.54, 1.807) is 4.90 Å². The molecule has 0 saturated carbocycles. The summed E-state index contributed by atoms with van der Waals surface area (Å²) in [5.74, 6) is -1.60. The van der Waals surface area contributed by atoms with Crippen molar-refractivity contribution < 1.29 is 18.7 Å². The largest absolute Gasteiger partial charge is 0.379 e. The van der Waals surface area contributed by atoms with Gasteiger partial charge >= 0.3 is 0 Å². The number of benzene rings is 2. The zero-order valence-corrected chi connectivity index (χ0v) is 15.8. The highest BCUT2D eigenvalue weighted by Crippen LogP contribution is 2.23. The standard InChI is InChI=1S/C22H26F2N2O2/c23-19-10-4-11-20(24)18(19)15-25-16-22(28)12-6-14-26(21(22)27)13-5-9-17-7-2-1-3-8-17/h1-4,7-8,10-11,25,28H,5-6,9,12-16H2. The lowest BCUT2D eigenvalue weighted by Gasteiger charge is -2.38. The van der Waals surface area contributed by atoms with E-state index in [0.29, 0.717) is 25.9 Å². The Kier molecular flexibility index (Phi) is 6.75. The summed E-state index contributed by atoms with van der Waals surface area (Å²) < 4.78 is 27.4. The molecule has 0 radical (unpaired) electrons. The first-order valence-corrected chi connectivity index (χ1v) is 9.69. The van der Waals surface area contributed by atoms with E-state index in [1.807, 2.05) is 18.2 Å². The number of aliphatic hydroxyl groups is 1. The number of rotatable bonds is 8. The second kappa shape index (κ2) is 9.26. The first-order valence-electron chi connectivity index (χ1n) is 9.69. The number of amides is 1. The fourth-order valence-corrected chi connectivity index (χ4v) is 3.66. The van der Waals surface area contributed by atoms with Gasteiger partial charge in [0.2, 0.25) is 0 Å². The minimum atomic E-state index is -1.53. The number of halogens is 2. The Morgan fingerprint density at radius 1 is 1.07 bits per heavy atom. The molecule has 3 rings (SSSR count). The molecule has 0 spiro atoms. The number of likely N-dealkylation sites (tertiary alicyclic amines) is 1. The summed E-state index contributed by atoms with van der Waals surface area (Å²) in [6.45, 7) is 1.09. The molecule has 1 aliphatic rings. The molecule has 150 valence electrons. The highest BCUT2D eigenvalue weighted by Gasteiger charge is 2.41. The number of nitrogens with one attached hydrogen (secondary N) is 1. The Bertz CT molecular complexity index is 780.